The van der Waals surface area contributed by atoms with Crippen molar-refractivity contribution in [3.8, 4) is 0 Å². The maximum Gasteiger partial charge on any atom is 0.234 e. The van der Waals surface area contributed by atoms with Crippen LogP contribution in [-0.4, -0.2) is 37.0 Å². The third kappa shape index (κ3) is 4.65. The number of halogens is 2. The minimum atomic E-state index is -0.300. The van der Waals surface area contributed by atoms with Crippen LogP contribution in [0.3, 0.4) is 0 Å². The van der Waals surface area contributed by atoms with Gasteiger partial charge in [-0.1, -0.05) is 24.3 Å². The first-order valence-electron chi connectivity index (χ1n) is 8.78. The summed E-state index contributed by atoms with van der Waals surface area (Å²) in [6, 6.07) is 12.3. The minimum Gasteiger partial charge on any atom is -0.348 e. The second-order valence-electron chi connectivity index (χ2n) is 6.59. The van der Waals surface area contributed by atoms with Crippen molar-refractivity contribution in [2.24, 2.45) is 0 Å². The summed E-state index contributed by atoms with van der Waals surface area (Å²) in [4.78, 5) is 14.5. The van der Waals surface area contributed by atoms with Gasteiger partial charge in [-0.15, -0.1) is 0 Å². The molecular weight excluding hydrogens is 336 g/mol. The summed E-state index contributed by atoms with van der Waals surface area (Å²) in [6.07, 6.45) is 0. The van der Waals surface area contributed by atoms with Crippen LogP contribution in [0.2, 0.25) is 0 Å². The van der Waals surface area contributed by atoms with Crippen LogP contribution in [0.15, 0.2) is 48.5 Å². The lowest BCUT2D eigenvalue weighted by Gasteiger charge is -2.36. The van der Waals surface area contributed by atoms with Gasteiger partial charge in [0.1, 0.15) is 11.6 Å². The number of nitrogens with zero attached hydrogens (tertiary/aromatic N) is 1. The van der Waals surface area contributed by atoms with E-state index in [0.717, 1.165) is 17.7 Å². The van der Waals surface area contributed by atoms with E-state index in [-0.39, 0.29) is 36.2 Å². The molecule has 0 saturated carbocycles. The number of rotatable bonds is 5. The van der Waals surface area contributed by atoms with Crippen molar-refractivity contribution in [1.82, 2.24) is 15.5 Å². The summed E-state index contributed by atoms with van der Waals surface area (Å²) in [5.41, 5.74) is 1.71. The highest BCUT2D eigenvalue weighted by atomic mass is 19.1. The molecule has 1 aliphatic rings. The zero-order chi connectivity index (χ0) is 18.5. The van der Waals surface area contributed by atoms with Gasteiger partial charge < -0.3 is 10.6 Å². The maximum absolute atomic E-state index is 13.6. The van der Waals surface area contributed by atoms with Crippen LogP contribution >= 0.6 is 0 Å². The van der Waals surface area contributed by atoms with Gasteiger partial charge >= 0.3 is 0 Å². The first kappa shape index (κ1) is 18.5. The zero-order valence-corrected chi connectivity index (χ0v) is 14.7. The molecule has 0 spiro atoms. The number of hydrogen-bond donors (Lipinski definition) is 2. The van der Waals surface area contributed by atoms with Crippen molar-refractivity contribution in [3.05, 3.63) is 71.3 Å². The molecule has 6 heteroatoms. The molecule has 0 radical (unpaired) electrons. The van der Waals surface area contributed by atoms with Crippen molar-refractivity contribution in [1.29, 1.82) is 0 Å². The van der Waals surface area contributed by atoms with Crippen LogP contribution in [0.4, 0.5) is 8.78 Å². The van der Waals surface area contributed by atoms with Gasteiger partial charge in [0.15, 0.2) is 0 Å². The third-order valence-electron chi connectivity index (χ3n) is 4.68. The number of hydrogen-bond acceptors (Lipinski definition) is 3. The lowest BCUT2D eigenvalue weighted by Crippen LogP contribution is -2.49. The molecule has 1 fully saturated rings. The highest BCUT2D eigenvalue weighted by molar-refractivity contribution is 5.78. The fourth-order valence-corrected chi connectivity index (χ4v) is 3.28. The SMILES string of the molecule is CC(NC(=O)CN1CCNCC1c1cccc(F)c1)c1ccc(F)cc1. The molecule has 1 saturated heterocycles. The number of carbonyl (C=O) groups is 1. The van der Waals surface area contributed by atoms with Crippen molar-refractivity contribution in [3.63, 3.8) is 0 Å². The van der Waals surface area contributed by atoms with Crippen LogP contribution in [0.5, 0.6) is 0 Å². The second kappa shape index (κ2) is 8.38. The Bertz CT molecular complexity index is 751. The topological polar surface area (TPSA) is 44.4 Å². The molecular formula is C20H23F2N3O. The van der Waals surface area contributed by atoms with Crippen molar-refractivity contribution in [2.75, 3.05) is 26.2 Å². The summed E-state index contributed by atoms with van der Waals surface area (Å²) < 4.78 is 26.6. The molecule has 138 valence electrons. The Morgan fingerprint density at radius 3 is 2.73 bits per heavy atom. The Kier molecular flexibility index (Phi) is 5.96. The molecule has 1 heterocycles. The summed E-state index contributed by atoms with van der Waals surface area (Å²) in [5, 5.41) is 6.25. The molecule has 1 amide bonds. The Labute approximate surface area is 152 Å². The van der Waals surface area contributed by atoms with Gasteiger partial charge in [0.25, 0.3) is 0 Å². The predicted molar refractivity (Wildman–Crippen MR) is 96.5 cm³/mol. The van der Waals surface area contributed by atoms with Crippen LogP contribution < -0.4 is 10.6 Å². The molecule has 0 aromatic heterocycles. The molecule has 2 aromatic rings. The lowest BCUT2D eigenvalue weighted by molar-refractivity contribution is -0.123. The first-order valence-corrected chi connectivity index (χ1v) is 8.78. The van der Waals surface area contributed by atoms with E-state index in [4.69, 9.17) is 0 Å². The number of piperazine rings is 1. The van der Waals surface area contributed by atoms with Gasteiger partial charge in [0.05, 0.1) is 12.6 Å². The quantitative estimate of drug-likeness (QED) is 0.863. The average molecular weight is 359 g/mol. The van der Waals surface area contributed by atoms with E-state index >= 15 is 0 Å². The molecule has 2 unspecified atom stereocenters. The molecule has 1 aliphatic heterocycles. The van der Waals surface area contributed by atoms with Gasteiger partial charge in [-0.05, 0) is 42.3 Å². The Morgan fingerprint density at radius 1 is 1.23 bits per heavy atom. The largest absolute Gasteiger partial charge is 0.348 e. The molecule has 4 nitrogen and oxygen atoms in total. The van der Waals surface area contributed by atoms with Gasteiger partial charge in [0.2, 0.25) is 5.91 Å². The van der Waals surface area contributed by atoms with Crippen molar-refractivity contribution >= 4 is 5.91 Å². The van der Waals surface area contributed by atoms with Gasteiger partial charge in [-0.25, -0.2) is 8.78 Å². The summed E-state index contributed by atoms with van der Waals surface area (Å²) in [5.74, 6) is -0.682. The molecule has 0 aliphatic carbocycles. The van der Waals surface area contributed by atoms with Gasteiger partial charge in [-0.3, -0.25) is 9.69 Å². The van der Waals surface area contributed by atoms with Crippen LogP contribution in [0, 0.1) is 11.6 Å². The molecule has 2 atom stereocenters. The molecule has 26 heavy (non-hydrogen) atoms. The standard InChI is InChI=1S/C20H23F2N3O/c1-14(15-5-7-17(21)8-6-15)24-20(26)13-25-10-9-23-12-19(25)16-3-2-4-18(22)11-16/h2-8,11,14,19,23H,9-10,12-13H2,1H3,(H,24,26). The van der Waals surface area contributed by atoms with Crippen molar-refractivity contribution < 1.29 is 13.6 Å². The van der Waals surface area contributed by atoms with Crippen LogP contribution in [-0.2, 0) is 4.79 Å². The number of carbonyl (C=O) groups excluding carboxylic acids is 1. The first-order chi connectivity index (χ1) is 12.5. The molecule has 3 rings (SSSR count). The Morgan fingerprint density at radius 2 is 2.00 bits per heavy atom. The van der Waals surface area contributed by atoms with Crippen molar-refractivity contribution in [2.45, 2.75) is 19.0 Å². The number of nitrogens with one attached hydrogen (secondary N) is 2. The summed E-state index contributed by atoms with van der Waals surface area (Å²) in [7, 11) is 0. The molecule has 2 aromatic carbocycles. The van der Waals surface area contributed by atoms with E-state index in [1.807, 2.05) is 13.0 Å². The monoisotopic (exact) mass is 359 g/mol. The summed E-state index contributed by atoms with van der Waals surface area (Å²) in [6.45, 7) is 4.26. The predicted octanol–water partition coefficient (Wildman–Crippen LogP) is 2.79. The smallest absolute Gasteiger partial charge is 0.234 e. The van der Waals surface area contributed by atoms with Gasteiger partial charge in [-0.2, -0.15) is 0 Å². The minimum absolute atomic E-state index is 0.0497. The molecule has 0 bridgehead atoms. The maximum atomic E-state index is 13.6. The number of amides is 1. The average Bonchev–Trinajstić information content (AvgIpc) is 2.62. The Hall–Kier alpha value is -2.31. The fourth-order valence-electron chi connectivity index (χ4n) is 3.28. The lowest BCUT2D eigenvalue weighted by atomic mass is 10.0. The normalized spacial score (nSPS) is 19.1. The fraction of sp³-hybridized carbons (Fsp3) is 0.350. The van der Waals surface area contributed by atoms with Crippen LogP contribution in [0.25, 0.3) is 0 Å². The number of benzene rings is 2. The van der Waals surface area contributed by atoms with E-state index in [0.29, 0.717) is 13.1 Å². The Balaban J connectivity index is 1.63. The third-order valence-corrected chi connectivity index (χ3v) is 4.68. The van der Waals surface area contributed by atoms with Gasteiger partial charge in [0, 0.05) is 25.7 Å². The summed E-state index contributed by atoms with van der Waals surface area (Å²) >= 11 is 0. The highest BCUT2D eigenvalue weighted by Crippen LogP contribution is 2.22. The van der Waals surface area contributed by atoms with Crippen LogP contribution in [0.1, 0.15) is 30.1 Å². The van der Waals surface area contributed by atoms with E-state index in [2.05, 4.69) is 15.5 Å². The van der Waals surface area contributed by atoms with E-state index < -0.39 is 0 Å². The highest BCUT2D eigenvalue weighted by Gasteiger charge is 2.26. The molecule has 2 N–H and O–H groups in total. The second-order valence-corrected chi connectivity index (χ2v) is 6.59. The van der Waals surface area contributed by atoms with E-state index in [1.165, 1.54) is 24.3 Å². The zero-order valence-electron chi connectivity index (χ0n) is 14.7. The van der Waals surface area contributed by atoms with E-state index in [1.54, 1.807) is 18.2 Å². The van der Waals surface area contributed by atoms with E-state index in [9.17, 15) is 13.6 Å².